The molecule has 0 bridgehead atoms. The highest BCUT2D eigenvalue weighted by Crippen LogP contribution is 2.20. The van der Waals surface area contributed by atoms with Crippen LogP contribution in [-0.4, -0.2) is 46.3 Å². The smallest absolute Gasteiger partial charge is 0.249 e. The molecule has 0 aliphatic heterocycles. The fourth-order valence-electron chi connectivity index (χ4n) is 2.39. The van der Waals surface area contributed by atoms with Crippen molar-refractivity contribution in [3.8, 4) is 0 Å². The lowest BCUT2D eigenvalue weighted by atomic mass is 9.99. The zero-order valence-corrected chi connectivity index (χ0v) is 13.3. The first-order valence-electron chi connectivity index (χ1n) is 7.73. The molecule has 0 heterocycles. The molecule has 0 atom stereocenters. The molecule has 0 aromatic heterocycles. The summed E-state index contributed by atoms with van der Waals surface area (Å²) in [6, 6.07) is -0.457. The summed E-state index contributed by atoms with van der Waals surface area (Å²) in [6.07, 6.45) is 6.04. The van der Waals surface area contributed by atoms with Crippen molar-refractivity contribution in [1.82, 2.24) is 4.90 Å². The average Bonchev–Trinajstić information content (AvgIpc) is 2.45. The van der Waals surface area contributed by atoms with Crippen LogP contribution in [-0.2, 0) is 4.79 Å². The van der Waals surface area contributed by atoms with E-state index in [0.717, 1.165) is 38.5 Å². The minimum Gasteiger partial charge on any atom is -0.394 e. The van der Waals surface area contributed by atoms with Gasteiger partial charge in [-0.1, -0.05) is 46.1 Å². The predicted octanol–water partition coefficient (Wildman–Crippen LogP) is 2.49. The Kier molecular flexibility index (Phi) is 10.4. The molecular formula is C16H31NO3. The van der Waals surface area contributed by atoms with Crippen LogP contribution in [0, 0.1) is 0 Å². The molecular weight excluding hydrogens is 254 g/mol. The monoisotopic (exact) mass is 285 g/mol. The molecule has 118 valence electrons. The van der Waals surface area contributed by atoms with Crippen molar-refractivity contribution >= 4 is 5.91 Å². The Morgan fingerprint density at radius 2 is 1.50 bits per heavy atom. The normalized spacial score (nSPS) is 11.2. The quantitative estimate of drug-likeness (QED) is 0.573. The van der Waals surface area contributed by atoms with Crippen LogP contribution in [0.25, 0.3) is 0 Å². The second-order valence-corrected chi connectivity index (χ2v) is 5.45. The number of aliphatic hydroxyl groups excluding tert-OH is 2. The summed E-state index contributed by atoms with van der Waals surface area (Å²) in [5.74, 6) is -0.157. The third-order valence-electron chi connectivity index (χ3n) is 3.59. The van der Waals surface area contributed by atoms with Gasteiger partial charge in [0.2, 0.25) is 5.91 Å². The lowest BCUT2D eigenvalue weighted by molar-refractivity contribution is -0.134. The lowest BCUT2D eigenvalue weighted by Crippen LogP contribution is -2.50. The van der Waals surface area contributed by atoms with Gasteiger partial charge in [0.05, 0.1) is 19.3 Å². The topological polar surface area (TPSA) is 60.8 Å². The number of hydrogen-bond acceptors (Lipinski definition) is 3. The van der Waals surface area contributed by atoms with Gasteiger partial charge in [0.1, 0.15) is 0 Å². The highest BCUT2D eigenvalue weighted by Gasteiger charge is 2.29. The second-order valence-electron chi connectivity index (χ2n) is 5.45. The Morgan fingerprint density at radius 3 is 1.80 bits per heavy atom. The number of amides is 1. The highest BCUT2D eigenvalue weighted by molar-refractivity contribution is 5.92. The van der Waals surface area contributed by atoms with Crippen LogP contribution in [0.3, 0.4) is 0 Å². The molecule has 0 fully saturated rings. The molecule has 0 aromatic carbocycles. The molecule has 0 aliphatic carbocycles. The Bertz CT molecular complexity index is 279. The molecule has 0 radical (unpaired) electrons. The number of carbonyl (C=O) groups excluding carboxylic acids is 1. The molecule has 0 spiro atoms. The maximum absolute atomic E-state index is 12.4. The number of unbranched alkanes of at least 4 members (excludes halogenated alkanes) is 2. The molecule has 20 heavy (non-hydrogen) atoms. The van der Waals surface area contributed by atoms with Gasteiger partial charge in [0.25, 0.3) is 0 Å². The van der Waals surface area contributed by atoms with E-state index >= 15 is 0 Å². The Hall–Kier alpha value is -0.870. The van der Waals surface area contributed by atoms with E-state index in [1.807, 2.05) is 0 Å². The van der Waals surface area contributed by atoms with Gasteiger partial charge in [-0.3, -0.25) is 4.79 Å². The van der Waals surface area contributed by atoms with E-state index < -0.39 is 6.04 Å². The van der Waals surface area contributed by atoms with E-state index in [1.165, 1.54) is 0 Å². The van der Waals surface area contributed by atoms with E-state index in [2.05, 4.69) is 20.4 Å². The molecule has 0 aromatic rings. The van der Waals surface area contributed by atoms with Gasteiger partial charge in [-0.25, -0.2) is 0 Å². The molecule has 4 nitrogen and oxygen atoms in total. The fraction of sp³-hybridized carbons (Fsp3) is 0.812. The Balaban J connectivity index is 5.14. The average molecular weight is 285 g/mol. The first-order valence-corrected chi connectivity index (χ1v) is 7.73. The molecule has 0 saturated heterocycles. The summed E-state index contributed by atoms with van der Waals surface area (Å²) in [6.45, 7) is 9.20. The summed E-state index contributed by atoms with van der Waals surface area (Å²) < 4.78 is 0. The van der Waals surface area contributed by atoms with Gasteiger partial charge >= 0.3 is 0 Å². The third-order valence-corrected chi connectivity index (χ3v) is 3.59. The second kappa shape index (κ2) is 10.9. The zero-order valence-electron chi connectivity index (χ0n) is 13.3. The molecule has 0 rings (SSSR count). The largest absolute Gasteiger partial charge is 0.394 e. The lowest BCUT2D eigenvalue weighted by Gasteiger charge is -2.37. The minimum atomic E-state index is -0.530. The SMILES string of the molecule is C=C(C)C(=O)N(C(CO)CO)C(CCCC)CCCC. The van der Waals surface area contributed by atoms with Crippen LogP contribution in [0.1, 0.15) is 59.3 Å². The Labute approximate surface area is 123 Å². The van der Waals surface area contributed by atoms with Crippen molar-refractivity contribution in [3.63, 3.8) is 0 Å². The fourth-order valence-corrected chi connectivity index (χ4v) is 2.39. The molecule has 1 amide bonds. The third kappa shape index (κ3) is 6.06. The van der Waals surface area contributed by atoms with Gasteiger partial charge < -0.3 is 15.1 Å². The number of carbonyl (C=O) groups is 1. The molecule has 2 N–H and O–H groups in total. The standard InChI is InChI=1S/C16H31NO3/c1-5-7-9-14(10-8-6-2)17(15(11-18)12-19)16(20)13(3)4/h14-15,18-19H,3,5-12H2,1-2,4H3. The zero-order chi connectivity index (χ0) is 15.5. The first-order chi connectivity index (χ1) is 9.53. The molecule has 0 aliphatic rings. The van der Waals surface area contributed by atoms with Crippen molar-refractivity contribution < 1.29 is 15.0 Å². The summed E-state index contributed by atoms with van der Waals surface area (Å²) in [7, 11) is 0. The highest BCUT2D eigenvalue weighted by atomic mass is 16.3. The number of rotatable bonds is 11. The summed E-state index contributed by atoms with van der Waals surface area (Å²) in [5, 5.41) is 18.9. The van der Waals surface area contributed by atoms with Crippen molar-refractivity contribution in [3.05, 3.63) is 12.2 Å². The van der Waals surface area contributed by atoms with Crippen LogP contribution in [0.5, 0.6) is 0 Å². The van der Waals surface area contributed by atoms with E-state index in [9.17, 15) is 15.0 Å². The van der Waals surface area contributed by atoms with Crippen molar-refractivity contribution in [1.29, 1.82) is 0 Å². The van der Waals surface area contributed by atoms with E-state index in [1.54, 1.807) is 11.8 Å². The van der Waals surface area contributed by atoms with E-state index in [4.69, 9.17) is 0 Å². The van der Waals surface area contributed by atoms with E-state index in [-0.39, 0.29) is 25.2 Å². The van der Waals surface area contributed by atoms with Gasteiger partial charge in [-0.05, 0) is 19.8 Å². The van der Waals surface area contributed by atoms with Gasteiger partial charge in [0.15, 0.2) is 0 Å². The van der Waals surface area contributed by atoms with Gasteiger partial charge in [-0.2, -0.15) is 0 Å². The minimum absolute atomic E-state index is 0.0726. The van der Waals surface area contributed by atoms with Crippen LogP contribution in [0.15, 0.2) is 12.2 Å². The van der Waals surface area contributed by atoms with Crippen molar-refractivity contribution in [2.75, 3.05) is 13.2 Å². The summed E-state index contributed by atoms with van der Waals surface area (Å²) in [4.78, 5) is 14.0. The summed E-state index contributed by atoms with van der Waals surface area (Å²) >= 11 is 0. The van der Waals surface area contributed by atoms with Gasteiger partial charge in [0, 0.05) is 11.6 Å². The van der Waals surface area contributed by atoms with Crippen LogP contribution < -0.4 is 0 Å². The maximum Gasteiger partial charge on any atom is 0.249 e. The predicted molar refractivity (Wildman–Crippen MR) is 82.5 cm³/mol. The summed E-state index contributed by atoms with van der Waals surface area (Å²) in [5.41, 5.74) is 0.454. The molecule has 4 heteroatoms. The Morgan fingerprint density at radius 1 is 1.05 bits per heavy atom. The van der Waals surface area contributed by atoms with E-state index in [0.29, 0.717) is 5.57 Å². The molecule has 0 saturated carbocycles. The number of hydrogen-bond donors (Lipinski definition) is 2. The van der Waals surface area contributed by atoms with Crippen LogP contribution >= 0.6 is 0 Å². The molecule has 0 unspecified atom stereocenters. The number of aliphatic hydroxyl groups is 2. The van der Waals surface area contributed by atoms with Crippen molar-refractivity contribution in [2.24, 2.45) is 0 Å². The van der Waals surface area contributed by atoms with Crippen LogP contribution in [0.4, 0.5) is 0 Å². The maximum atomic E-state index is 12.4. The van der Waals surface area contributed by atoms with Gasteiger partial charge in [-0.15, -0.1) is 0 Å². The first kappa shape index (κ1) is 19.1. The van der Waals surface area contributed by atoms with Crippen LogP contribution in [0.2, 0.25) is 0 Å². The van der Waals surface area contributed by atoms with Crippen molar-refractivity contribution in [2.45, 2.75) is 71.4 Å². The number of nitrogens with zero attached hydrogens (tertiary/aromatic N) is 1.